The molecule has 1 N–H and O–H groups in total. The lowest BCUT2D eigenvalue weighted by molar-refractivity contribution is 0.0853. The number of aromatic nitrogens is 1. The van der Waals surface area contributed by atoms with Gasteiger partial charge in [-0.25, -0.2) is 4.98 Å². The van der Waals surface area contributed by atoms with Crippen molar-refractivity contribution in [3.63, 3.8) is 0 Å². The molecule has 4 rings (SSSR count). The zero-order chi connectivity index (χ0) is 19.5. The average molecular weight is 413 g/mol. The van der Waals surface area contributed by atoms with E-state index in [4.69, 9.17) is 16.3 Å². The van der Waals surface area contributed by atoms with Crippen LogP contribution in [0.3, 0.4) is 0 Å². The third-order valence-corrected chi connectivity index (χ3v) is 6.15. The normalized spacial score (nSPS) is 14.8. The van der Waals surface area contributed by atoms with Crippen LogP contribution in [0, 0.1) is 6.92 Å². The third kappa shape index (κ3) is 4.12. The van der Waals surface area contributed by atoms with Crippen molar-refractivity contribution < 1.29 is 9.53 Å². The van der Waals surface area contributed by atoms with Crippen molar-refractivity contribution >= 4 is 34.0 Å². The monoisotopic (exact) mass is 412 g/mol. The van der Waals surface area contributed by atoms with E-state index in [-0.39, 0.29) is 5.91 Å². The van der Waals surface area contributed by atoms with E-state index in [9.17, 15) is 4.79 Å². The largest absolute Gasteiger partial charge is 0.381 e. The molecule has 0 atom stereocenters. The molecule has 0 unspecified atom stereocenters. The van der Waals surface area contributed by atoms with Crippen LogP contribution in [-0.4, -0.2) is 24.1 Å². The predicted molar refractivity (Wildman–Crippen MR) is 114 cm³/mol. The van der Waals surface area contributed by atoms with Gasteiger partial charge in [0.2, 0.25) is 0 Å². The number of halogens is 1. The van der Waals surface area contributed by atoms with Crippen LogP contribution in [0.25, 0.3) is 11.3 Å². The highest BCUT2D eigenvalue weighted by Gasteiger charge is 2.18. The Morgan fingerprint density at radius 3 is 2.75 bits per heavy atom. The molecular formula is C22H21ClN2O2S. The summed E-state index contributed by atoms with van der Waals surface area (Å²) in [5.41, 5.74) is 4.55. The Morgan fingerprint density at radius 2 is 2.00 bits per heavy atom. The molecule has 1 fully saturated rings. The second kappa shape index (κ2) is 8.43. The van der Waals surface area contributed by atoms with Crippen molar-refractivity contribution in [1.29, 1.82) is 0 Å². The summed E-state index contributed by atoms with van der Waals surface area (Å²) in [7, 11) is 0. The molecule has 1 amide bonds. The Morgan fingerprint density at radius 1 is 1.21 bits per heavy atom. The smallest absolute Gasteiger partial charge is 0.257 e. The molecule has 2 heterocycles. The van der Waals surface area contributed by atoms with Gasteiger partial charge < -0.3 is 4.74 Å². The summed E-state index contributed by atoms with van der Waals surface area (Å²) in [6.07, 6.45) is 2.07. The first-order valence-electron chi connectivity index (χ1n) is 9.32. The first-order valence-corrected chi connectivity index (χ1v) is 10.6. The second-order valence-electron chi connectivity index (χ2n) is 6.93. The summed E-state index contributed by atoms with van der Waals surface area (Å²) in [4.78, 5) is 17.3. The minimum absolute atomic E-state index is 0.143. The van der Waals surface area contributed by atoms with Crippen molar-refractivity contribution in [3.8, 4) is 11.3 Å². The van der Waals surface area contributed by atoms with Gasteiger partial charge in [-0.05, 0) is 48.9 Å². The number of carbonyl (C=O) groups is 1. The molecule has 0 bridgehead atoms. The lowest BCUT2D eigenvalue weighted by atomic mass is 9.89. The quantitative estimate of drug-likeness (QED) is 0.578. The van der Waals surface area contributed by atoms with E-state index in [0.29, 0.717) is 21.6 Å². The van der Waals surface area contributed by atoms with Crippen molar-refractivity contribution in [2.24, 2.45) is 0 Å². The molecule has 2 aromatic carbocycles. The van der Waals surface area contributed by atoms with E-state index >= 15 is 0 Å². The third-order valence-electron chi connectivity index (χ3n) is 5.06. The van der Waals surface area contributed by atoms with Crippen LogP contribution >= 0.6 is 22.9 Å². The molecule has 6 heteroatoms. The van der Waals surface area contributed by atoms with Crippen molar-refractivity contribution in [3.05, 3.63) is 69.6 Å². The Labute approximate surface area is 173 Å². The highest BCUT2D eigenvalue weighted by Crippen LogP contribution is 2.31. The van der Waals surface area contributed by atoms with E-state index in [1.54, 1.807) is 0 Å². The van der Waals surface area contributed by atoms with E-state index in [1.807, 2.05) is 42.6 Å². The molecular weight excluding hydrogens is 392 g/mol. The molecule has 144 valence electrons. The van der Waals surface area contributed by atoms with Crippen LogP contribution in [0.15, 0.2) is 47.8 Å². The number of nitrogens with zero attached hydrogens (tertiary/aromatic N) is 1. The van der Waals surface area contributed by atoms with E-state index in [0.717, 1.165) is 42.9 Å². The summed E-state index contributed by atoms with van der Waals surface area (Å²) in [6.45, 7) is 3.60. The maximum absolute atomic E-state index is 12.7. The Hall–Kier alpha value is -2.21. The Kier molecular flexibility index (Phi) is 5.76. The molecule has 28 heavy (non-hydrogen) atoms. The second-order valence-corrected chi connectivity index (χ2v) is 8.20. The Balaban J connectivity index is 1.49. The van der Waals surface area contributed by atoms with Crippen LogP contribution in [-0.2, 0) is 4.74 Å². The molecule has 1 aliphatic rings. The molecule has 0 radical (unpaired) electrons. The van der Waals surface area contributed by atoms with Gasteiger partial charge in [0.05, 0.1) is 5.69 Å². The van der Waals surface area contributed by atoms with Gasteiger partial charge in [-0.1, -0.05) is 41.9 Å². The molecule has 1 aromatic heterocycles. The first-order chi connectivity index (χ1) is 13.6. The highest BCUT2D eigenvalue weighted by molar-refractivity contribution is 7.14. The number of hydrogen-bond acceptors (Lipinski definition) is 4. The summed E-state index contributed by atoms with van der Waals surface area (Å²) in [5.74, 6) is 0.373. The predicted octanol–water partition coefficient (Wildman–Crippen LogP) is 5.92. The molecule has 4 nitrogen and oxygen atoms in total. The molecule has 1 aliphatic heterocycles. The lowest BCUT2D eigenvalue weighted by Crippen LogP contribution is -2.16. The van der Waals surface area contributed by atoms with Crippen LogP contribution in [0.2, 0.25) is 5.02 Å². The lowest BCUT2D eigenvalue weighted by Gasteiger charge is -2.23. The summed E-state index contributed by atoms with van der Waals surface area (Å²) in [5, 5.41) is 6.02. The molecule has 0 saturated carbocycles. The van der Waals surface area contributed by atoms with Crippen LogP contribution in [0.5, 0.6) is 0 Å². The molecule has 0 spiro atoms. The molecule has 1 saturated heterocycles. The van der Waals surface area contributed by atoms with Gasteiger partial charge in [0, 0.05) is 34.7 Å². The summed E-state index contributed by atoms with van der Waals surface area (Å²) < 4.78 is 5.44. The fourth-order valence-electron chi connectivity index (χ4n) is 3.51. The first kappa shape index (κ1) is 19.1. The van der Waals surface area contributed by atoms with E-state index in [1.165, 1.54) is 16.9 Å². The van der Waals surface area contributed by atoms with Crippen LogP contribution in [0.4, 0.5) is 5.13 Å². The van der Waals surface area contributed by atoms with Gasteiger partial charge in [0.15, 0.2) is 5.13 Å². The number of carbonyl (C=O) groups excluding carboxylic acids is 1. The van der Waals surface area contributed by atoms with Crippen molar-refractivity contribution in [1.82, 2.24) is 4.98 Å². The van der Waals surface area contributed by atoms with E-state index in [2.05, 4.69) is 22.4 Å². The van der Waals surface area contributed by atoms with Gasteiger partial charge in [0.1, 0.15) is 0 Å². The highest BCUT2D eigenvalue weighted by atomic mass is 35.5. The SMILES string of the molecule is Cc1cc(C2CCOCC2)ccc1C(=O)Nc1nc(-c2ccccc2Cl)cs1. The number of hydrogen-bond donors (Lipinski definition) is 1. The van der Waals surface area contributed by atoms with Crippen molar-refractivity contribution in [2.75, 3.05) is 18.5 Å². The zero-order valence-electron chi connectivity index (χ0n) is 15.6. The number of nitrogens with one attached hydrogen (secondary N) is 1. The zero-order valence-corrected chi connectivity index (χ0v) is 17.1. The average Bonchev–Trinajstić information content (AvgIpc) is 3.17. The van der Waals surface area contributed by atoms with Crippen LogP contribution in [0.1, 0.15) is 40.2 Å². The van der Waals surface area contributed by atoms with Gasteiger partial charge in [0.25, 0.3) is 5.91 Å². The maximum Gasteiger partial charge on any atom is 0.257 e. The van der Waals surface area contributed by atoms with E-state index < -0.39 is 0 Å². The minimum Gasteiger partial charge on any atom is -0.381 e. The molecule has 0 aliphatic carbocycles. The number of anilines is 1. The summed E-state index contributed by atoms with van der Waals surface area (Å²) in [6, 6.07) is 13.7. The number of benzene rings is 2. The van der Waals surface area contributed by atoms with Gasteiger partial charge in [-0.15, -0.1) is 11.3 Å². The van der Waals surface area contributed by atoms with Crippen molar-refractivity contribution in [2.45, 2.75) is 25.7 Å². The topological polar surface area (TPSA) is 51.2 Å². The number of amides is 1. The number of ether oxygens (including phenoxy) is 1. The number of aryl methyl sites for hydroxylation is 1. The van der Waals surface area contributed by atoms with Gasteiger partial charge >= 0.3 is 0 Å². The van der Waals surface area contributed by atoms with Crippen LogP contribution < -0.4 is 5.32 Å². The number of thiazole rings is 1. The van der Waals surface area contributed by atoms with Gasteiger partial charge in [-0.2, -0.15) is 0 Å². The summed E-state index contributed by atoms with van der Waals surface area (Å²) >= 11 is 7.63. The number of rotatable bonds is 4. The minimum atomic E-state index is -0.143. The maximum atomic E-state index is 12.7. The standard InChI is InChI=1S/C22H21ClN2O2S/c1-14-12-16(15-8-10-27-11-9-15)6-7-17(14)21(26)25-22-24-20(13-28-22)18-4-2-3-5-19(18)23/h2-7,12-13,15H,8-11H2,1H3,(H,24,25,26). The fourth-order valence-corrected chi connectivity index (χ4v) is 4.45. The van der Waals surface area contributed by atoms with Gasteiger partial charge in [-0.3, -0.25) is 10.1 Å². The molecule has 3 aromatic rings. The Bertz CT molecular complexity index is 996. The fraction of sp³-hybridized carbons (Fsp3) is 0.273.